The molecule has 0 aromatic heterocycles. The van der Waals surface area contributed by atoms with Gasteiger partial charge in [0.1, 0.15) is 4.90 Å². The van der Waals surface area contributed by atoms with Gasteiger partial charge in [-0.3, -0.25) is 0 Å². The van der Waals surface area contributed by atoms with E-state index in [9.17, 15) is 12.8 Å². The van der Waals surface area contributed by atoms with Crippen molar-refractivity contribution in [2.45, 2.75) is 41.9 Å². The molecular formula is C13H18ClFN2O2S2. The van der Waals surface area contributed by atoms with Crippen LogP contribution in [0.3, 0.4) is 0 Å². The summed E-state index contributed by atoms with van der Waals surface area (Å²) in [6.07, 6.45) is 5.47. The summed E-state index contributed by atoms with van der Waals surface area (Å²) in [6, 6.07) is 2.11. The van der Waals surface area contributed by atoms with Crippen LogP contribution in [0.1, 0.15) is 25.7 Å². The van der Waals surface area contributed by atoms with Gasteiger partial charge in [0, 0.05) is 16.3 Å². The number of nitrogens with one attached hydrogen (secondary N) is 1. The van der Waals surface area contributed by atoms with E-state index in [4.69, 9.17) is 17.3 Å². The first-order chi connectivity index (χ1) is 9.83. The molecule has 8 heteroatoms. The van der Waals surface area contributed by atoms with E-state index < -0.39 is 20.7 Å². The van der Waals surface area contributed by atoms with E-state index in [-0.39, 0.29) is 16.8 Å². The van der Waals surface area contributed by atoms with Crippen LogP contribution < -0.4 is 10.5 Å². The van der Waals surface area contributed by atoms with Gasteiger partial charge in [0.15, 0.2) is 5.82 Å². The third kappa shape index (κ3) is 4.03. The summed E-state index contributed by atoms with van der Waals surface area (Å²) in [5.41, 5.74) is 5.16. The normalized spacial score (nSPS) is 23.2. The average molecular weight is 353 g/mol. The lowest BCUT2D eigenvalue weighted by Crippen LogP contribution is -2.38. The van der Waals surface area contributed by atoms with Gasteiger partial charge in [0.05, 0.1) is 5.69 Å². The van der Waals surface area contributed by atoms with Crippen LogP contribution in [-0.2, 0) is 10.0 Å². The largest absolute Gasteiger partial charge is 0.396 e. The fourth-order valence-corrected chi connectivity index (χ4v) is 4.95. The highest BCUT2D eigenvalue weighted by molar-refractivity contribution is 7.99. The summed E-state index contributed by atoms with van der Waals surface area (Å²) >= 11 is 7.56. The zero-order valence-corrected chi connectivity index (χ0v) is 14.0. The minimum atomic E-state index is -3.96. The minimum Gasteiger partial charge on any atom is -0.396 e. The van der Waals surface area contributed by atoms with Gasteiger partial charge in [-0.25, -0.2) is 17.5 Å². The van der Waals surface area contributed by atoms with Gasteiger partial charge in [-0.15, -0.1) is 0 Å². The summed E-state index contributed by atoms with van der Waals surface area (Å²) in [6.45, 7) is 0. The molecule has 118 valence electrons. The van der Waals surface area contributed by atoms with Gasteiger partial charge in [0.2, 0.25) is 10.0 Å². The van der Waals surface area contributed by atoms with Gasteiger partial charge < -0.3 is 5.73 Å². The SMILES string of the molecule is CSC1CCC(NS(=O)(=O)c2cc(Cl)cc(N)c2F)CC1. The Balaban J connectivity index is 2.16. The number of nitrogen functional groups attached to an aromatic ring is 1. The second kappa shape index (κ2) is 6.73. The zero-order valence-electron chi connectivity index (χ0n) is 11.6. The summed E-state index contributed by atoms with van der Waals surface area (Å²) in [7, 11) is -3.96. The Kier molecular flexibility index (Phi) is 5.40. The molecule has 0 unspecified atom stereocenters. The fourth-order valence-electron chi connectivity index (χ4n) is 2.48. The van der Waals surface area contributed by atoms with E-state index >= 15 is 0 Å². The first-order valence-electron chi connectivity index (χ1n) is 6.63. The van der Waals surface area contributed by atoms with Crippen molar-refractivity contribution in [2.75, 3.05) is 12.0 Å². The zero-order chi connectivity index (χ0) is 15.6. The van der Waals surface area contributed by atoms with Crippen LogP contribution in [0.2, 0.25) is 5.02 Å². The van der Waals surface area contributed by atoms with Crippen LogP contribution in [0, 0.1) is 5.82 Å². The molecule has 0 aliphatic heterocycles. The second-order valence-corrected chi connectivity index (χ2v) is 8.39. The van der Waals surface area contributed by atoms with Gasteiger partial charge in [-0.05, 0) is 44.1 Å². The van der Waals surface area contributed by atoms with Crippen LogP contribution >= 0.6 is 23.4 Å². The number of anilines is 1. The Labute approximate surface area is 133 Å². The maximum absolute atomic E-state index is 13.9. The maximum atomic E-state index is 13.9. The molecule has 1 aromatic carbocycles. The van der Waals surface area contributed by atoms with Crippen LogP contribution in [0.25, 0.3) is 0 Å². The number of nitrogens with two attached hydrogens (primary N) is 1. The lowest BCUT2D eigenvalue weighted by atomic mass is 9.96. The first-order valence-corrected chi connectivity index (χ1v) is 9.78. The molecule has 1 aliphatic rings. The maximum Gasteiger partial charge on any atom is 0.243 e. The summed E-state index contributed by atoms with van der Waals surface area (Å²) in [5, 5.41) is 0.671. The van der Waals surface area contributed by atoms with Crippen molar-refractivity contribution in [3.05, 3.63) is 23.0 Å². The molecular weight excluding hydrogens is 335 g/mol. The monoisotopic (exact) mass is 352 g/mol. The van der Waals surface area contributed by atoms with E-state index in [0.717, 1.165) is 31.7 Å². The molecule has 0 radical (unpaired) electrons. The summed E-state index contributed by atoms with van der Waals surface area (Å²) in [5.74, 6) is -0.954. The number of hydrogen-bond acceptors (Lipinski definition) is 4. The molecule has 0 bridgehead atoms. The molecule has 3 N–H and O–H groups in total. The Morgan fingerprint density at radius 3 is 2.52 bits per heavy atom. The fraction of sp³-hybridized carbons (Fsp3) is 0.538. The number of rotatable bonds is 4. The number of sulfonamides is 1. The van der Waals surface area contributed by atoms with E-state index in [1.54, 1.807) is 11.8 Å². The molecule has 1 saturated carbocycles. The second-order valence-electron chi connectivity index (χ2n) is 5.14. The van der Waals surface area contributed by atoms with Gasteiger partial charge >= 0.3 is 0 Å². The molecule has 4 nitrogen and oxygen atoms in total. The van der Waals surface area contributed by atoms with Crippen LogP contribution in [-0.4, -0.2) is 26.0 Å². The average Bonchev–Trinajstić information content (AvgIpc) is 2.43. The molecule has 0 amide bonds. The summed E-state index contributed by atoms with van der Waals surface area (Å²) < 4.78 is 41.1. The molecule has 21 heavy (non-hydrogen) atoms. The highest BCUT2D eigenvalue weighted by Gasteiger charge is 2.28. The van der Waals surface area contributed by atoms with Crippen molar-refractivity contribution in [3.8, 4) is 0 Å². The van der Waals surface area contributed by atoms with Crippen LogP contribution in [0.4, 0.5) is 10.1 Å². The van der Waals surface area contributed by atoms with Crippen molar-refractivity contribution in [3.63, 3.8) is 0 Å². The topological polar surface area (TPSA) is 72.2 Å². The smallest absolute Gasteiger partial charge is 0.243 e. The molecule has 0 atom stereocenters. The quantitative estimate of drug-likeness (QED) is 0.817. The van der Waals surface area contributed by atoms with E-state index in [0.29, 0.717) is 5.25 Å². The van der Waals surface area contributed by atoms with Crippen molar-refractivity contribution in [1.29, 1.82) is 0 Å². The Hall–Kier alpha value is -0.500. The highest BCUT2D eigenvalue weighted by Crippen LogP contribution is 2.29. The van der Waals surface area contributed by atoms with Crippen molar-refractivity contribution < 1.29 is 12.8 Å². The lowest BCUT2D eigenvalue weighted by Gasteiger charge is -2.27. The minimum absolute atomic E-state index is 0.0976. The predicted molar refractivity (Wildman–Crippen MR) is 85.7 cm³/mol. The van der Waals surface area contributed by atoms with Crippen molar-refractivity contribution >= 4 is 39.1 Å². The molecule has 0 saturated heterocycles. The van der Waals surface area contributed by atoms with Crippen LogP contribution in [0.5, 0.6) is 0 Å². The van der Waals surface area contributed by atoms with E-state index in [1.165, 1.54) is 6.07 Å². The number of benzene rings is 1. The van der Waals surface area contributed by atoms with Crippen molar-refractivity contribution in [2.24, 2.45) is 0 Å². The Morgan fingerprint density at radius 1 is 1.33 bits per heavy atom. The van der Waals surface area contributed by atoms with Gasteiger partial charge in [-0.1, -0.05) is 11.6 Å². The Morgan fingerprint density at radius 2 is 1.95 bits per heavy atom. The van der Waals surface area contributed by atoms with Crippen molar-refractivity contribution in [1.82, 2.24) is 4.72 Å². The third-order valence-corrected chi connectivity index (χ3v) is 6.53. The highest BCUT2D eigenvalue weighted by atomic mass is 35.5. The number of halogens is 2. The lowest BCUT2D eigenvalue weighted by molar-refractivity contribution is 0.419. The van der Waals surface area contributed by atoms with E-state index in [1.807, 2.05) is 0 Å². The van der Waals surface area contributed by atoms with Crippen LogP contribution in [0.15, 0.2) is 17.0 Å². The predicted octanol–water partition coefficient (Wildman–Crippen LogP) is 3.01. The van der Waals surface area contributed by atoms with Gasteiger partial charge in [-0.2, -0.15) is 11.8 Å². The number of thioether (sulfide) groups is 1. The summed E-state index contributed by atoms with van der Waals surface area (Å²) in [4.78, 5) is -0.487. The molecule has 0 heterocycles. The molecule has 2 rings (SSSR count). The molecule has 1 aromatic rings. The van der Waals surface area contributed by atoms with E-state index in [2.05, 4.69) is 11.0 Å². The first kappa shape index (κ1) is 16.9. The number of hydrogen-bond donors (Lipinski definition) is 2. The molecule has 0 spiro atoms. The molecule has 1 aliphatic carbocycles. The molecule has 1 fully saturated rings. The third-order valence-electron chi connectivity index (χ3n) is 3.65. The Bertz CT molecular complexity index is 617. The van der Waals surface area contributed by atoms with Gasteiger partial charge in [0.25, 0.3) is 0 Å². The standard InChI is InChI=1S/C13H18ClFN2O2S2/c1-20-10-4-2-9(3-5-10)17-21(18,19)12-7-8(14)6-11(16)13(12)15/h6-7,9-10,17H,2-5,16H2,1H3.